The van der Waals surface area contributed by atoms with Crippen LogP contribution in [0.5, 0.6) is 0 Å². The van der Waals surface area contributed by atoms with E-state index in [2.05, 4.69) is 23.0 Å². The molecule has 2 rings (SSSR count). The lowest BCUT2D eigenvalue weighted by Gasteiger charge is -2.15. The Morgan fingerprint density at radius 2 is 1.67 bits per heavy atom. The predicted molar refractivity (Wildman–Crippen MR) is 96.0 cm³/mol. The molecule has 7 nitrogen and oxygen atoms in total. The molecule has 0 N–H and O–H groups in total. The highest BCUT2D eigenvalue weighted by Crippen LogP contribution is 2.10. The van der Waals surface area contributed by atoms with Crippen molar-refractivity contribution in [3.8, 4) is 0 Å². The summed E-state index contributed by atoms with van der Waals surface area (Å²) < 4.78 is 4.23. The molecule has 0 aliphatic rings. The minimum absolute atomic E-state index is 0.335. The van der Waals surface area contributed by atoms with Crippen LogP contribution in [-0.2, 0) is 27.6 Å². The number of hydrogen-bond donors (Lipinski definition) is 0. The van der Waals surface area contributed by atoms with E-state index in [0.29, 0.717) is 17.6 Å². The van der Waals surface area contributed by atoms with E-state index < -0.39 is 0 Å². The molecule has 2 heterocycles. The summed E-state index contributed by atoms with van der Waals surface area (Å²) in [5, 5.41) is 0. The van der Waals surface area contributed by atoms with E-state index in [0.717, 1.165) is 23.5 Å². The van der Waals surface area contributed by atoms with Crippen LogP contribution < -0.4 is 11.2 Å². The van der Waals surface area contributed by atoms with Gasteiger partial charge in [-0.25, -0.2) is 9.78 Å². The van der Waals surface area contributed by atoms with Crippen molar-refractivity contribution in [2.45, 2.75) is 6.42 Å². The summed E-state index contributed by atoms with van der Waals surface area (Å²) in [6.07, 6.45) is 8.12. The number of nitrogens with zero attached hydrogens (tertiary/aromatic N) is 5. The largest absolute Gasteiger partial charge is 0.370 e. The summed E-state index contributed by atoms with van der Waals surface area (Å²) in [6.45, 7) is 8.91. The first-order valence-corrected chi connectivity index (χ1v) is 7.66. The molecule has 0 fully saturated rings. The van der Waals surface area contributed by atoms with Gasteiger partial charge in [-0.2, -0.15) is 0 Å². The van der Waals surface area contributed by atoms with Crippen LogP contribution in [0, 0.1) is 0 Å². The highest BCUT2D eigenvalue weighted by Gasteiger charge is 2.16. The highest BCUT2D eigenvalue weighted by atomic mass is 16.2. The van der Waals surface area contributed by atoms with Crippen LogP contribution >= 0.6 is 0 Å². The zero-order valence-electron chi connectivity index (χ0n) is 14.4. The van der Waals surface area contributed by atoms with Gasteiger partial charge in [0.2, 0.25) is 0 Å². The fourth-order valence-electron chi connectivity index (χ4n) is 2.58. The number of aryl methyl sites for hydroxylation is 2. The van der Waals surface area contributed by atoms with Gasteiger partial charge in [-0.1, -0.05) is 18.2 Å². The standard InChI is InChI=1S/C17H23N5O2/c1-6-10-22(11-7-2)12-8-9-13-18-15-14(19(13)3)16(23)21(5)17(24)20(15)4/h6-8,12H,1-2,9-11H2,3-5H3. The van der Waals surface area contributed by atoms with Gasteiger partial charge in [0.25, 0.3) is 5.56 Å². The molecule has 7 heteroatoms. The number of fused-ring (bicyclic) bond motifs is 1. The number of hydrogen-bond acceptors (Lipinski definition) is 4. The lowest BCUT2D eigenvalue weighted by molar-refractivity contribution is 0.461. The van der Waals surface area contributed by atoms with Gasteiger partial charge < -0.3 is 9.47 Å². The number of aromatic nitrogens is 4. The zero-order chi connectivity index (χ0) is 17.9. The molecule has 0 radical (unpaired) electrons. The SMILES string of the molecule is C=CCN(C=CCc1nc2c(c(=O)n(C)c(=O)n2C)n1C)CC=C. The second-order valence-corrected chi connectivity index (χ2v) is 5.59. The number of rotatable bonds is 7. The van der Waals surface area contributed by atoms with Crippen molar-refractivity contribution in [1.29, 1.82) is 0 Å². The van der Waals surface area contributed by atoms with E-state index in [9.17, 15) is 9.59 Å². The zero-order valence-corrected chi connectivity index (χ0v) is 14.4. The molecule has 24 heavy (non-hydrogen) atoms. The van der Waals surface area contributed by atoms with Crippen molar-refractivity contribution in [2.24, 2.45) is 21.1 Å². The molecule has 128 valence electrons. The maximum Gasteiger partial charge on any atom is 0.332 e. The van der Waals surface area contributed by atoms with Gasteiger partial charge in [0.15, 0.2) is 11.2 Å². The van der Waals surface area contributed by atoms with E-state index in [-0.39, 0.29) is 11.2 Å². The van der Waals surface area contributed by atoms with Gasteiger partial charge in [-0.05, 0) is 6.20 Å². The van der Waals surface area contributed by atoms with Crippen LogP contribution in [0.15, 0.2) is 47.2 Å². The topological polar surface area (TPSA) is 65.1 Å². The Bertz CT molecular complexity index is 904. The minimum Gasteiger partial charge on any atom is -0.370 e. The quantitative estimate of drug-likeness (QED) is 0.702. The van der Waals surface area contributed by atoms with E-state index in [1.54, 1.807) is 18.7 Å². The van der Waals surface area contributed by atoms with E-state index >= 15 is 0 Å². The molecular weight excluding hydrogens is 306 g/mol. The molecule has 0 amide bonds. The molecule has 0 aromatic carbocycles. The van der Waals surface area contributed by atoms with Gasteiger partial charge in [-0.3, -0.25) is 13.9 Å². The first kappa shape index (κ1) is 17.5. The lowest BCUT2D eigenvalue weighted by atomic mass is 10.3. The van der Waals surface area contributed by atoms with Crippen molar-refractivity contribution in [3.63, 3.8) is 0 Å². The molecule has 0 aliphatic heterocycles. The molecule has 0 spiro atoms. The van der Waals surface area contributed by atoms with Crippen LogP contribution in [0.2, 0.25) is 0 Å². The number of allylic oxidation sites excluding steroid dienone is 1. The summed E-state index contributed by atoms with van der Waals surface area (Å²) in [7, 11) is 4.88. The monoisotopic (exact) mass is 329 g/mol. The van der Waals surface area contributed by atoms with Crippen LogP contribution in [0.1, 0.15) is 5.82 Å². The third-order valence-corrected chi connectivity index (χ3v) is 3.91. The maximum absolute atomic E-state index is 12.3. The highest BCUT2D eigenvalue weighted by molar-refractivity contribution is 5.70. The molecular formula is C17H23N5O2. The first-order chi connectivity index (χ1) is 11.4. The van der Waals surface area contributed by atoms with Crippen LogP contribution in [-0.4, -0.2) is 36.7 Å². The van der Waals surface area contributed by atoms with Crippen molar-refractivity contribution in [2.75, 3.05) is 13.1 Å². The van der Waals surface area contributed by atoms with Gasteiger partial charge in [-0.15, -0.1) is 13.2 Å². The third kappa shape index (κ3) is 3.10. The third-order valence-electron chi connectivity index (χ3n) is 3.91. The minimum atomic E-state index is -0.379. The van der Waals surface area contributed by atoms with Crippen molar-refractivity contribution in [1.82, 2.24) is 23.6 Å². The summed E-state index contributed by atoms with van der Waals surface area (Å²) in [4.78, 5) is 30.9. The predicted octanol–water partition coefficient (Wildman–Crippen LogP) is 0.701. The van der Waals surface area contributed by atoms with Crippen LogP contribution in [0.25, 0.3) is 11.2 Å². The molecule has 0 bridgehead atoms. The van der Waals surface area contributed by atoms with Crippen LogP contribution in [0.3, 0.4) is 0 Å². The Morgan fingerprint density at radius 3 is 2.25 bits per heavy atom. The summed E-state index contributed by atoms with van der Waals surface area (Å²) in [6, 6.07) is 0. The van der Waals surface area contributed by atoms with Gasteiger partial charge in [0.1, 0.15) is 5.82 Å². The van der Waals surface area contributed by atoms with E-state index in [4.69, 9.17) is 0 Å². The second kappa shape index (κ2) is 7.16. The average molecular weight is 329 g/mol. The fourth-order valence-corrected chi connectivity index (χ4v) is 2.58. The molecule has 0 aliphatic carbocycles. The van der Waals surface area contributed by atoms with Gasteiger partial charge in [0, 0.05) is 40.7 Å². The molecule has 0 atom stereocenters. The first-order valence-electron chi connectivity index (χ1n) is 7.66. The molecule has 0 saturated heterocycles. The smallest absolute Gasteiger partial charge is 0.332 e. The maximum atomic E-state index is 12.3. The van der Waals surface area contributed by atoms with Gasteiger partial charge in [0.05, 0.1) is 0 Å². The molecule has 0 saturated carbocycles. The number of imidazole rings is 1. The van der Waals surface area contributed by atoms with Crippen molar-refractivity contribution >= 4 is 11.2 Å². The molecule has 0 unspecified atom stereocenters. The normalized spacial score (nSPS) is 11.3. The molecule has 2 aromatic rings. The summed E-state index contributed by atoms with van der Waals surface area (Å²) in [5.74, 6) is 0.719. The Hall–Kier alpha value is -2.83. The van der Waals surface area contributed by atoms with Crippen LogP contribution in [0.4, 0.5) is 0 Å². The second-order valence-electron chi connectivity index (χ2n) is 5.59. The fraction of sp³-hybridized carbons (Fsp3) is 0.353. The van der Waals surface area contributed by atoms with Crippen molar-refractivity contribution in [3.05, 3.63) is 64.2 Å². The average Bonchev–Trinajstić information content (AvgIpc) is 2.88. The van der Waals surface area contributed by atoms with Gasteiger partial charge >= 0.3 is 5.69 Å². The Kier molecular flexibility index (Phi) is 5.23. The summed E-state index contributed by atoms with van der Waals surface area (Å²) >= 11 is 0. The molecule has 2 aromatic heterocycles. The lowest BCUT2D eigenvalue weighted by Crippen LogP contribution is -2.37. The Labute approximate surface area is 140 Å². The van der Waals surface area contributed by atoms with E-state index in [1.165, 1.54) is 11.6 Å². The Balaban J connectivity index is 2.39. The Morgan fingerprint density at radius 1 is 1.04 bits per heavy atom. The van der Waals surface area contributed by atoms with Crippen molar-refractivity contribution < 1.29 is 0 Å². The summed E-state index contributed by atoms with van der Waals surface area (Å²) in [5.41, 5.74) is 0.120. The van der Waals surface area contributed by atoms with E-state index in [1.807, 2.05) is 24.4 Å².